The van der Waals surface area contributed by atoms with E-state index in [4.69, 9.17) is 5.11 Å². The summed E-state index contributed by atoms with van der Waals surface area (Å²) < 4.78 is 37.2. The largest absolute Gasteiger partial charge is 0.480 e. The third kappa shape index (κ3) is 3.87. The molecular formula is C13H15F3N2O3. The molecule has 0 saturated carbocycles. The highest BCUT2D eigenvalue weighted by Gasteiger charge is 2.35. The molecule has 0 heterocycles. The second kappa shape index (κ2) is 5.63. The topological polar surface area (TPSA) is 69.6 Å². The van der Waals surface area contributed by atoms with Crippen LogP contribution in [0.4, 0.5) is 23.7 Å². The lowest BCUT2D eigenvalue weighted by molar-refractivity contribution is -0.146. The molecule has 5 nitrogen and oxygen atoms in total. The summed E-state index contributed by atoms with van der Waals surface area (Å²) in [7, 11) is 1.29. The summed E-state index contributed by atoms with van der Waals surface area (Å²) in [4.78, 5) is 23.9. The Morgan fingerprint density at radius 3 is 2.00 bits per heavy atom. The zero-order chi connectivity index (χ0) is 16.4. The van der Waals surface area contributed by atoms with Gasteiger partial charge in [0, 0.05) is 12.7 Å². The van der Waals surface area contributed by atoms with Crippen molar-refractivity contribution in [1.82, 2.24) is 4.90 Å². The van der Waals surface area contributed by atoms with E-state index in [9.17, 15) is 22.8 Å². The summed E-state index contributed by atoms with van der Waals surface area (Å²) >= 11 is 0. The number of urea groups is 1. The molecule has 1 aromatic rings. The Morgan fingerprint density at radius 2 is 1.62 bits per heavy atom. The number of carboxylic acid groups (broad SMARTS) is 1. The van der Waals surface area contributed by atoms with Gasteiger partial charge in [0.25, 0.3) is 0 Å². The third-order valence-electron chi connectivity index (χ3n) is 3.13. The molecule has 1 rings (SSSR count). The quantitative estimate of drug-likeness (QED) is 0.901. The van der Waals surface area contributed by atoms with Crippen LogP contribution < -0.4 is 5.32 Å². The maximum Gasteiger partial charge on any atom is 0.416 e. The first-order chi connectivity index (χ1) is 9.46. The number of nitrogens with zero attached hydrogens (tertiary/aromatic N) is 1. The first-order valence-corrected chi connectivity index (χ1v) is 5.91. The van der Waals surface area contributed by atoms with Crippen LogP contribution in [0.1, 0.15) is 19.4 Å². The number of aliphatic carboxylic acids is 1. The Balaban J connectivity index is 2.82. The second-order valence-corrected chi connectivity index (χ2v) is 4.93. The number of anilines is 1. The zero-order valence-electron chi connectivity index (χ0n) is 11.7. The van der Waals surface area contributed by atoms with Gasteiger partial charge in [0.05, 0.1) is 5.56 Å². The lowest BCUT2D eigenvalue weighted by atomic mass is 10.1. The van der Waals surface area contributed by atoms with Gasteiger partial charge in [-0.1, -0.05) is 0 Å². The van der Waals surface area contributed by atoms with E-state index in [0.717, 1.165) is 29.2 Å². The van der Waals surface area contributed by atoms with E-state index in [2.05, 4.69) is 5.32 Å². The van der Waals surface area contributed by atoms with Crippen LogP contribution in [0.2, 0.25) is 0 Å². The van der Waals surface area contributed by atoms with Gasteiger partial charge >= 0.3 is 18.2 Å². The predicted molar refractivity (Wildman–Crippen MR) is 69.9 cm³/mol. The summed E-state index contributed by atoms with van der Waals surface area (Å²) in [5, 5.41) is 11.3. The molecule has 0 aliphatic heterocycles. The van der Waals surface area contributed by atoms with Gasteiger partial charge in [-0.05, 0) is 38.1 Å². The summed E-state index contributed by atoms with van der Waals surface area (Å²) in [6, 6.07) is 3.13. The summed E-state index contributed by atoms with van der Waals surface area (Å²) in [5.41, 5.74) is -2.14. The molecule has 0 fully saturated rings. The highest BCUT2D eigenvalue weighted by molar-refractivity contribution is 5.93. The van der Waals surface area contributed by atoms with E-state index in [0.29, 0.717) is 0 Å². The highest BCUT2D eigenvalue weighted by atomic mass is 19.4. The number of carboxylic acids is 1. The van der Waals surface area contributed by atoms with Crippen LogP contribution in [0.3, 0.4) is 0 Å². The van der Waals surface area contributed by atoms with Crippen LogP contribution in [-0.2, 0) is 11.0 Å². The number of carbonyl (C=O) groups is 2. The lowest BCUT2D eigenvalue weighted by Crippen LogP contribution is -2.52. The Morgan fingerprint density at radius 1 is 1.14 bits per heavy atom. The molecule has 0 aliphatic carbocycles. The molecule has 0 radical (unpaired) electrons. The Bertz CT molecular complexity index is 539. The molecular weight excluding hydrogens is 289 g/mol. The highest BCUT2D eigenvalue weighted by Crippen LogP contribution is 2.29. The van der Waals surface area contributed by atoms with E-state index >= 15 is 0 Å². The van der Waals surface area contributed by atoms with Crippen molar-refractivity contribution in [2.75, 3.05) is 12.4 Å². The van der Waals surface area contributed by atoms with Gasteiger partial charge in [0.15, 0.2) is 0 Å². The van der Waals surface area contributed by atoms with Crippen molar-refractivity contribution in [2.24, 2.45) is 0 Å². The van der Waals surface area contributed by atoms with E-state index in [1.54, 1.807) is 0 Å². The number of alkyl halides is 3. The van der Waals surface area contributed by atoms with Gasteiger partial charge in [-0.15, -0.1) is 0 Å². The fourth-order valence-electron chi connectivity index (χ4n) is 1.35. The number of nitrogens with one attached hydrogen (secondary N) is 1. The fourth-order valence-corrected chi connectivity index (χ4v) is 1.35. The van der Waals surface area contributed by atoms with Gasteiger partial charge < -0.3 is 15.3 Å². The normalized spacial score (nSPS) is 11.9. The molecule has 116 valence electrons. The summed E-state index contributed by atoms with van der Waals surface area (Å²) in [5.74, 6) is -1.20. The molecule has 0 spiro atoms. The molecule has 2 amide bonds. The molecule has 1 aromatic carbocycles. The van der Waals surface area contributed by atoms with Crippen molar-refractivity contribution in [3.63, 3.8) is 0 Å². The first kappa shape index (κ1) is 16.8. The maximum absolute atomic E-state index is 12.4. The van der Waals surface area contributed by atoms with Gasteiger partial charge in [0.2, 0.25) is 0 Å². The molecule has 0 unspecified atom stereocenters. The van der Waals surface area contributed by atoms with Crippen LogP contribution in [0.5, 0.6) is 0 Å². The van der Waals surface area contributed by atoms with E-state index in [-0.39, 0.29) is 5.69 Å². The van der Waals surface area contributed by atoms with Crippen molar-refractivity contribution >= 4 is 17.7 Å². The molecule has 0 aliphatic rings. The minimum atomic E-state index is -4.45. The van der Waals surface area contributed by atoms with E-state index < -0.39 is 29.3 Å². The Labute approximate surface area is 119 Å². The van der Waals surface area contributed by atoms with Crippen molar-refractivity contribution in [1.29, 1.82) is 0 Å². The number of halogens is 3. The number of carbonyl (C=O) groups excluding carboxylic acids is 1. The van der Waals surface area contributed by atoms with Gasteiger partial charge in [-0.3, -0.25) is 0 Å². The summed E-state index contributed by atoms with van der Waals surface area (Å²) in [6.45, 7) is 2.67. The van der Waals surface area contributed by atoms with Crippen LogP contribution in [0.25, 0.3) is 0 Å². The molecule has 21 heavy (non-hydrogen) atoms. The number of hydrogen-bond acceptors (Lipinski definition) is 2. The lowest BCUT2D eigenvalue weighted by Gasteiger charge is -2.31. The van der Waals surface area contributed by atoms with Crippen LogP contribution >= 0.6 is 0 Å². The van der Waals surface area contributed by atoms with Crippen molar-refractivity contribution in [3.05, 3.63) is 29.8 Å². The SMILES string of the molecule is CN(C(=O)Nc1ccc(C(F)(F)F)cc1)C(C)(C)C(=O)O. The Hall–Kier alpha value is -2.25. The number of amides is 2. The standard InChI is InChI=1S/C13H15F3N2O3/c1-12(2,10(19)20)18(3)11(21)17-9-6-4-8(5-7-9)13(14,15)16/h4-7H,1-3H3,(H,17,21)(H,19,20). The molecule has 0 aromatic heterocycles. The fraction of sp³-hybridized carbons (Fsp3) is 0.385. The monoisotopic (exact) mass is 304 g/mol. The predicted octanol–water partition coefficient (Wildman–Crippen LogP) is 3.03. The van der Waals surface area contributed by atoms with Crippen LogP contribution in [0.15, 0.2) is 24.3 Å². The zero-order valence-corrected chi connectivity index (χ0v) is 11.7. The van der Waals surface area contributed by atoms with Gasteiger partial charge in [0.1, 0.15) is 5.54 Å². The minimum absolute atomic E-state index is 0.140. The second-order valence-electron chi connectivity index (χ2n) is 4.93. The number of benzene rings is 1. The number of likely N-dealkylation sites (N-methyl/N-ethyl adjacent to an activating group) is 1. The van der Waals surface area contributed by atoms with E-state index in [1.807, 2.05) is 0 Å². The third-order valence-corrected chi connectivity index (χ3v) is 3.13. The average Bonchev–Trinajstić information content (AvgIpc) is 2.37. The first-order valence-electron chi connectivity index (χ1n) is 5.91. The van der Waals surface area contributed by atoms with Crippen molar-refractivity contribution in [2.45, 2.75) is 25.6 Å². The molecule has 0 atom stereocenters. The Kier molecular flexibility index (Phi) is 4.50. The number of hydrogen-bond donors (Lipinski definition) is 2. The van der Waals surface area contributed by atoms with Crippen molar-refractivity contribution in [3.8, 4) is 0 Å². The number of rotatable bonds is 3. The van der Waals surface area contributed by atoms with Crippen molar-refractivity contribution < 1.29 is 27.9 Å². The average molecular weight is 304 g/mol. The smallest absolute Gasteiger partial charge is 0.416 e. The van der Waals surface area contributed by atoms with Gasteiger partial charge in [-0.25, -0.2) is 9.59 Å². The summed E-state index contributed by atoms with van der Waals surface area (Å²) in [6.07, 6.45) is -4.45. The van der Waals surface area contributed by atoms with E-state index in [1.165, 1.54) is 20.9 Å². The molecule has 2 N–H and O–H groups in total. The van der Waals surface area contributed by atoms with Crippen LogP contribution in [0, 0.1) is 0 Å². The van der Waals surface area contributed by atoms with Gasteiger partial charge in [-0.2, -0.15) is 13.2 Å². The molecule has 0 saturated heterocycles. The van der Waals surface area contributed by atoms with Crippen LogP contribution in [-0.4, -0.2) is 34.6 Å². The maximum atomic E-state index is 12.4. The molecule has 0 bridgehead atoms. The molecule has 8 heteroatoms. The minimum Gasteiger partial charge on any atom is -0.480 e.